The molecular weight excluding hydrogens is 252 g/mol. The minimum Gasteiger partial charge on any atom is -0.495 e. The number of carbonyl (C=O) groups is 1. The van der Waals surface area contributed by atoms with E-state index in [0.29, 0.717) is 17.3 Å². The van der Waals surface area contributed by atoms with E-state index in [1.807, 2.05) is 19.9 Å². The van der Waals surface area contributed by atoms with Gasteiger partial charge in [0.1, 0.15) is 5.75 Å². The highest BCUT2D eigenvalue weighted by Gasteiger charge is 2.08. The number of halogens is 1. The van der Waals surface area contributed by atoms with E-state index in [9.17, 15) is 4.79 Å². The fourth-order valence-corrected chi connectivity index (χ4v) is 1.63. The van der Waals surface area contributed by atoms with E-state index in [0.717, 1.165) is 17.7 Å². The van der Waals surface area contributed by atoms with Crippen LogP contribution in [0.1, 0.15) is 18.9 Å². The van der Waals surface area contributed by atoms with Gasteiger partial charge < -0.3 is 15.4 Å². The summed E-state index contributed by atoms with van der Waals surface area (Å²) in [5.41, 5.74) is 1.71. The van der Waals surface area contributed by atoms with E-state index in [1.54, 1.807) is 13.2 Å². The molecule has 0 fully saturated rings. The van der Waals surface area contributed by atoms with Crippen molar-refractivity contribution in [3.8, 4) is 5.75 Å². The quantitative estimate of drug-likeness (QED) is 0.835. The molecule has 0 aliphatic heterocycles. The Hall–Kier alpha value is -1.42. The van der Waals surface area contributed by atoms with Crippen molar-refractivity contribution in [2.75, 3.05) is 25.5 Å². The Labute approximate surface area is 113 Å². The molecule has 1 aromatic rings. The number of rotatable bonds is 6. The van der Waals surface area contributed by atoms with Gasteiger partial charge in [0.25, 0.3) is 0 Å². The molecule has 100 valence electrons. The van der Waals surface area contributed by atoms with Crippen LogP contribution in [0.25, 0.3) is 0 Å². The van der Waals surface area contributed by atoms with Crippen molar-refractivity contribution in [2.24, 2.45) is 0 Å². The molecule has 4 nitrogen and oxygen atoms in total. The summed E-state index contributed by atoms with van der Waals surface area (Å²) in [7, 11) is 1.57. The van der Waals surface area contributed by atoms with Crippen molar-refractivity contribution in [3.63, 3.8) is 0 Å². The van der Waals surface area contributed by atoms with Crippen LogP contribution in [0.15, 0.2) is 12.1 Å². The van der Waals surface area contributed by atoms with E-state index >= 15 is 0 Å². The first-order chi connectivity index (χ1) is 8.58. The lowest BCUT2D eigenvalue weighted by Crippen LogP contribution is -2.30. The van der Waals surface area contributed by atoms with E-state index in [2.05, 4.69) is 10.6 Å². The van der Waals surface area contributed by atoms with Gasteiger partial charge in [-0.1, -0.05) is 18.5 Å². The van der Waals surface area contributed by atoms with Gasteiger partial charge in [-0.15, -0.1) is 0 Å². The number of hydrogen-bond acceptors (Lipinski definition) is 3. The van der Waals surface area contributed by atoms with Gasteiger partial charge in [0.15, 0.2) is 0 Å². The first-order valence-corrected chi connectivity index (χ1v) is 6.31. The molecule has 0 atom stereocenters. The molecule has 0 aliphatic carbocycles. The van der Waals surface area contributed by atoms with Crippen LogP contribution in [-0.4, -0.2) is 26.1 Å². The van der Waals surface area contributed by atoms with Crippen LogP contribution >= 0.6 is 11.6 Å². The van der Waals surface area contributed by atoms with Gasteiger partial charge in [0, 0.05) is 17.6 Å². The van der Waals surface area contributed by atoms with Crippen molar-refractivity contribution in [1.82, 2.24) is 5.32 Å². The lowest BCUT2D eigenvalue weighted by Gasteiger charge is -2.13. The Kier molecular flexibility index (Phi) is 5.78. The summed E-state index contributed by atoms with van der Waals surface area (Å²) in [4.78, 5) is 11.5. The van der Waals surface area contributed by atoms with Crippen LogP contribution in [0.2, 0.25) is 5.02 Å². The number of benzene rings is 1. The number of carbonyl (C=O) groups excluding carboxylic acids is 1. The number of methoxy groups -OCH3 is 1. The van der Waals surface area contributed by atoms with Crippen LogP contribution < -0.4 is 15.4 Å². The second-order valence-electron chi connectivity index (χ2n) is 4.01. The van der Waals surface area contributed by atoms with Crippen LogP contribution in [0, 0.1) is 6.92 Å². The zero-order valence-electron chi connectivity index (χ0n) is 11.0. The standard InChI is InChI=1S/C13H19ClN2O2/c1-4-5-15-13(17)8-16-11-6-9(2)10(14)7-12(11)18-3/h6-7,16H,4-5,8H2,1-3H3,(H,15,17). The molecule has 18 heavy (non-hydrogen) atoms. The van der Waals surface area contributed by atoms with Gasteiger partial charge in [0.05, 0.1) is 19.3 Å². The Morgan fingerprint density at radius 1 is 1.44 bits per heavy atom. The molecule has 0 bridgehead atoms. The topological polar surface area (TPSA) is 50.4 Å². The monoisotopic (exact) mass is 270 g/mol. The summed E-state index contributed by atoms with van der Waals surface area (Å²) in [6, 6.07) is 3.61. The lowest BCUT2D eigenvalue weighted by molar-refractivity contribution is -0.119. The summed E-state index contributed by atoms with van der Waals surface area (Å²) in [5, 5.41) is 6.49. The second-order valence-corrected chi connectivity index (χ2v) is 4.41. The zero-order chi connectivity index (χ0) is 13.5. The fourth-order valence-electron chi connectivity index (χ4n) is 1.47. The maximum Gasteiger partial charge on any atom is 0.239 e. The summed E-state index contributed by atoms with van der Waals surface area (Å²) >= 11 is 6.01. The molecule has 1 rings (SSSR count). The molecule has 0 saturated carbocycles. The molecule has 0 heterocycles. The molecular formula is C13H19ClN2O2. The van der Waals surface area contributed by atoms with Gasteiger partial charge in [-0.2, -0.15) is 0 Å². The van der Waals surface area contributed by atoms with Gasteiger partial charge in [-0.3, -0.25) is 4.79 Å². The highest BCUT2D eigenvalue weighted by atomic mass is 35.5. The van der Waals surface area contributed by atoms with Crippen molar-refractivity contribution >= 4 is 23.2 Å². The van der Waals surface area contributed by atoms with Gasteiger partial charge >= 0.3 is 0 Å². The van der Waals surface area contributed by atoms with Crippen LogP contribution in [-0.2, 0) is 4.79 Å². The summed E-state index contributed by atoms with van der Waals surface area (Å²) in [5.74, 6) is 0.598. The van der Waals surface area contributed by atoms with Crippen molar-refractivity contribution in [1.29, 1.82) is 0 Å². The highest BCUT2D eigenvalue weighted by molar-refractivity contribution is 6.31. The van der Waals surface area contributed by atoms with Crippen LogP contribution in [0.3, 0.4) is 0 Å². The Balaban J connectivity index is 2.66. The SMILES string of the molecule is CCCNC(=O)CNc1cc(C)c(Cl)cc1OC. The summed E-state index contributed by atoms with van der Waals surface area (Å²) < 4.78 is 5.22. The van der Waals surface area contributed by atoms with E-state index in [4.69, 9.17) is 16.3 Å². The number of nitrogens with one attached hydrogen (secondary N) is 2. The molecule has 1 amide bonds. The molecule has 0 unspecified atom stereocenters. The second kappa shape index (κ2) is 7.11. The molecule has 2 N–H and O–H groups in total. The molecule has 0 aliphatic rings. The lowest BCUT2D eigenvalue weighted by atomic mass is 10.2. The number of anilines is 1. The third-order valence-electron chi connectivity index (χ3n) is 2.49. The molecule has 0 aromatic heterocycles. The smallest absolute Gasteiger partial charge is 0.239 e. The third-order valence-corrected chi connectivity index (χ3v) is 2.90. The van der Waals surface area contributed by atoms with Gasteiger partial charge in [0.2, 0.25) is 5.91 Å². The van der Waals surface area contributed by atoms with Crippen LogP contribution in [0.5, 0.6) is 5.75 Å². The predicted molar refractivity (Wildman–Crippen MR) is 74.5 cm³/mol. The average Bonchev–Trinajstić information content (AvgIpc) is 2.37. The summed E-state index contributed by atoms with van der Waals surface area (Å²) in [6.45, 7) is 4.83. The Morgan fingerprint density at radius 2 is 2.17 bits per heavy atom. The van der Waals surface area contributed by atoms with Crippen molar-refractivity contribution in [3.05, 3.63) is 22.7 Å². The fraction of sp³-hybridized carbons (Fsp3) is 0.462. The zero-order valence-corrected chi connectivity index (χ0v) is 11.7. The number of aryl methyl sites for hydroxylation is 1. The minimum absolute atomic E-state index is 0.0356. The Bertz CT molecular complexity index is 422. The van der Waals surface area contributed by atoms with Gasteiger partial charge in [-0.25, -0.2) is 0 Å². The normalized spacial score (nSPS) is 10.0. The van der Waals surface area contributed by atoms with E-state index < -0.39 is 0 Å². The van der Waals surface area contributed by atoms with Crippen LogP contribution in [0.4, 0.5) is 5.69 Å². The predicted octanol–water partition coefficient (Wildman–Crippen LogP) is 2.60. The molecule has 0 saturated heterocycles. The minimum atomic E-state index is -0.0356. The average molecular weight is 271 g/mol. The highest BCUT2D eigenvalue weighted by Crippen LogP contribution is 2.30. The maximum atomic E-state index is 11.5. The molecule has 0 spiro atoms. The van der Waals surface area contributed by atoms with Crippen molar-refractivity contribution in [2.45, 2.75) is 20.3 Å². The molecule has 0 radical (unpaired) electrons. The third kappa shape index (κ3) is 4.11. The first kappa shape index (κ1) is 14.6. The van der Waals surface area contributed by atoms with Crippen molar-refractivity contribution < 1.29 is 9.53 Å². The number of ether oxygens (including phenoxy) is 1. The van der Waals surface area contributed by atoms with E-state index in [-0.39, 0.29) is 12.5 Å². The van der Waals surface area contributed by atoms with E-state index in [1.165, 1.54) is 0 Å². The van der Waals surface area contributed by atoms with Gasteiger partial charge in [-0.05, 0) is 25.0 Å². The Morgan fingerprint density at radius 3 is 2.78 bits per heavy atom. The largest absolute Gasteiger partial charge is 0.495 e. The molecule has 1 aromatic carbocycles. The number of amides is 1. The number of hydrogen-bond donors (Lipinski definition) is 2. The molecule has 5 heteroatoms. The first-order valence-electron chi connectivity index (χ1n) is 5.93. The summed E-state index contributed by atoms with van der Waals surface area (Å²) in [6.07, 6.45) is 0.926. The maximum absolute atomic E-state index is 11.5.